The molecule has 0 saturated carbocycles. The van der Waals surface area contributed by atoms with Gasteiger partial charge in [-0.1, -0.05) is 6.07 Å². The Morgan fingerprint density at radius 2 is 2.32 bits per heavy atom. The number of benzene rings is 1. The minimum absolute atomic E-state index is 0. The molecule has 1 aliphatic rings. The maximum atomic E-state index is 13.2. The fourth-order valence-electron chi connectivity index (χ4n) is 2.70. The highest BCUT2D eigenvalue weighted by Crippen LogP contribution is 2.15. The highest BCUT2D eigenvalue weighted by Gasteiger charge is 2.19. The molecule has 1 heterocycles. The molecule has 1 aromatic carbocycles. The summed E-state index contributed by atoms with van der Waals surface area (Å²) in [5, 5.41) is 3.30. The Kier molecular flexibility index (Phi) is 10.1. The van der Waals surface area contributed by atoms with Gasteiger partial charge in [0.05, 0.1) is 13.2 Å². The molecular formula is C18H29FIN3O2. The second-order valence-corrected chi connectivity index (χ2v) is 6.19. The Balaban J connectivity index is 0.00000312. The number of ether oxygens (including phenoxy) is 2. The lowest BCUT2D eigenvalue weighted by molar-refractivity contribution is 0.181. The Labute approximate surface area is 167 Å². The highest BCUT2D eigenvalue weighted by atomic mass is 127. The van der Waals surface area contributed by atoms with Crippen molar-refractivity contribution in [1.82, 2.24) is 10.2 Å². The lowest BCUT2D eigenvalue weighted by Gasteiger charge is -2.25. The van der Waals surface area contributed by atoms with E-state index in [0.29, 0.717) is 18.2 Å². The van der Waals surface area contributed by atoms with E-state index in [1.54, 1.807) is 12.1 Å². The molecule has 1 saturated heterocycles. The van der Waals surface area contributed by atoms with E-state index in [2.05, 4.69) is 22.1 Å². The second-order valence-electron chi connectivity index (χ2n) is 6.19. The Morgan fingerprint density at radius 1 is 1.52 bits per heavy atom. The summed E-state index contributed by atoms with van der Waals surface area (Å²) in [5.74, 6) is 1.65. The molecule has 0 aromatic heterocycles. The number of hydrogen-bond acceptors (Lipinski definition) is 3. The number of nitrogens with one attached hydrogen (secondary N) is 1. The Morgan fingerprint density at radius 3 is 2.96 bits per heavy atom. The largest absolute Gasteiger partial charge is 0.489 e. The van der Waals surface area contributed by atoms with Crippen LogP contribution in [-0.2, 0) is 4.74 Å². The van der Waals surface area contributed by atoms with Crippen molar-refractivity contribution in [2.24, 2.45) is 10.9 Å². The minimum atomic E-state index is -0.296. The normalized spacial score (nSPS) is 18.4. The molecule has 2 rings (SSSR count). The molecule has 1 fully saturated rings. The lowest BCUT2D eigenvalue weighted by atomic mass is 10.1. The van der Waals surface area contributed by atoms with Gasteiger partial charge in [-0.15, -0.1) is 24.0 Å². The van der Waals surface area contributed by atoms with Gasteiger partial charge in [0, 0.05) is 38.7 Å². The van der Waals surface area contributed by atoms with E-state index in [1.165, 1.54) is 12.1 Å². The third-order valence-corrected chi connectivity index (χ3v) is 3.88. The van der Waals surface area contributed by atoms with Gasteiger partial charge in [-0.05, 0) is 32.4 Å². The zero-order chi connectivity index (χ0) is 17.4. The van der Waals surface area contributed by atoms with Gasteiger partial charge in [0.15, 0.2) is 5.96 Å². The molecule has 0 spiro atoms. The number of nitrogens with zero attached hydrogens (tertiary/aromatic N) is 2. The summed E-state index contributed by atoms with van der Waals surface area (Å²) in [5.41, 5.74) is 0. The van der Waals surface area contributed by atoms with Crippen molar-refractivity contribution in [1.29, 1.82) is 0 Å². The maximum absolute atomic E-state index is 13.2. The van der Waals surface area contributed by atoms with Gasteiger partial charge in [-0.25, -0.2) is 9.38 Å². The first-order valence-electron chi connectivity index (χ1n) is 8.58. The van der Waals surface area contributed by atoms with Gasteiger partial charge in [0.1, 0.15) is 17.7 Å². The topological polar surface area (TPSA) is 46.1 Å². The van der Waals surface area contributed by atoms with Crippen LogP contribution in [0.4, 0.5) is 4.39 Å². The van der Waals surface area contributed by atoms with Crippen LogP contribution in [0, 0.1) is 11.7 Å². The lowest BCUT2D eigenvalue weighted by Crippen LogP contribution is -2.42. The molecule has 1 N–H and O–H groups in total. The van der Waals surface area contributed by atoms with Gasteiger partial charge < -0.3 is 19.7 Å². The van der Waals surface area contributed by atoms with Crippen LogP contribution in [0.25, 0.3) is 0 Å². The smallest absolute Gasteiger partial charge is 0.193 e. The summed E-state index contributed by atoms with van der Waals surface area (Å²) >= 11 is 0. The first-order chi connectivity index (χ1) is 11.6. The molecule has 2 unspecified atom stereocenters. The molecule has 1 aliphatic heterocycles. The summed E-state index contributed by atoms with van der Waals surface area (Å²) in [6.45, 7) is 7.89. The van der Waals surface area contributed by atoms with Crippen LogP contribution >= 0.6 is 24.0 Å². The SMILES string of the molecule is CCNC(=NCC(C)Oc1cccc(F)c1)N(C)CC1CCOC1.I. The van der Waals surface area contributed by atoms with E-state index < -0.39 is 0 Å². The molecule has 0 bridgehead atoms. The number of aliphatic imine (C=N–C) groups is 1. The van der Waals surface area contributed by atoms with Gasteiger partial charge in [0.2, 0.25) is 0 Å². The average Bonchev–Trinajstić information content (AvgIpc) is 3.04. The monoisotopic (exact) mass is 465 g/mol. The van der Waals surface area contributed by atoms with Crippen LogP contribution in [0.1, 0.15) is 20.3 Å². The number of rotatable bonds is 7. The van der Waals surface area contributed by atoms with Crippen LogP contribution in [0.5, 0.6) is 5.75 Å². The van der Waals surface area contributed by atoms with Gasteiger partial charge in [-0.3, -0.25) is 0 Å². The molecule has 5 nitrogen and oxygen atoms in total. The van der Waals surface area contributed by atoms with E-state index in [4.69, 9.17) is 9.47 Å². The molecular weight excluding hydrogens is 436 g/mol. The summed E-state index contributed by atoms with van der Waals surface area (Å²) in [4.78, 5) is 6.78. The van der Waals surface area contributed by atoms with Crippen molar-refractivity contribution >= 4 is 29.9 Å². The van der Waals surface area contributed by atoms with Gasteiger partial charge in [0.25, 0.3) is 0 Å². The Hall–Kier alpha value is -1.09. The van der Waals surface area contributed by atoms with E-state index in [0.717, 1.165) is 38.7 Å². The maximum Gasteiger partial charge on any atom is 0.193 e. The first-order valence-corrected chi connectivity index (χ1v) is 8.58. The van der Waals surface area contributed by atoms with Crippen molar-refractivity contribution in [3.05, 3.63) is 30.1 Å². The van der Waals surface area contributed by atoms with Crippen LogP contribution in [0.3, 0.4) is 0 Å². The Bertz CT molecular complexity index is 539. The van der Waals surface area contributed by atoms with Crippen LogP contribution in [-0.4, -0.2) is 56.9 Å². The number of guanidine groups is 1. The average molecular weight is 465 g/mol. The zero-order valence-corrected chi connectivity index (χ0v) is 17.5. The predicted octanol–water partition coefficient (Wildman–Crippen LogP) is 3.14. The minimum Gasteiger partial charge on any atom is -0.489 e. The fraction of sp³-hybridized carbons (Fsp3) is 0.611. The van der Waals surface area contributed by atoms with Crippen molar-refractivity contribution in [2.75, 3.05) is 39.9 Å². The molecule has 25 heavy (non-hydrogen) atoms. The van der Waals surface area contributed by atoms with Gasteiger partial charge in [-0.2, -0.15) is 0 Å². The summed E-state index contributed by atoms with van der Waals surface area (Å²) in [7, 11) is 2.04. The molecule has 0 amide bonds. The highest BCUT2D eigenvalue weighted by molar-refractivity contribution is 14.0. The summed E-state index contributed by atoms with van der Waals surface area (Å²) in [6.07, 6.45) is 0.965. The zero-order valence-electron chi connectivity index (χ0n) is 15.2. The van der Waals surface area contributed by atoms with Crippen LogP contribution in [0.15, 0.2) is 29.3 Å². The van der Waals surface area contributed by atoms with Crippen LogP contribution in [0.2, 0.25) is 0 Å². The standard InChI is InChI=1S/C18H28FN3O2.HI/c1-4-20-18(22(3)12-15-8-9-23-13-15)21-11-14(2)24-17-7-5-6-16(19)10-17;/h5-7,10,14-15H,4,8-9,11-13H2,1-3H3,(H,20,21);1H. The quantitative estimate of drug-likeness (QED) is 0.382. The van der Waals surface area contributed by atoms with Crippen molar-refractivity contribution in [2.45, 2.75) is 26.4 Å². The van der Waals surface area contributed by atoms with E-state index in [9.17, 15) is 4.39 Å². The number of halogens is 2. The third-order valence-electron chi connectivity index (χ3n) is 3.88. The molecule has 0 aliphatic carbocycles. The molecule has 7 heteroatoms. The van der Waals surface area contributed by atoms with Crippen molar-refractivity contribution < 1.29 is 13.9 Å². The summed E-state index contributed by atoms with van der Waals surface area (Å²) in [6, 6.07) is 6.18. The van der Waals surface area contributed by atoms with Crippen LogP contribution < -0.4 is 10.1 Å². The van der Waals surface area contributed by atoms with E-state index in [1.807, 2.05) is 14.0 Å². The first kappa shape index (κ1) is 22.0. The van der Waals surface area contributed by atoms with Crippen molar-refractivity contribution in [3.63, 3.8) is 0 Å². The van der Waals surface area contributed by atoms with E-state index >= 15 is 0 Å². The summed E-state index contributed by atoms with van der Waals surface area (Å²) < 4.78 is 24.4. The molecule has 1 aromatic rings. The predicted molar refractivity (Wildman–Crippen MR) is 109 cm³/mol. The fourth-order valence-corrected chi connectivity index (χ4v) is 2.70. The van der Waals surface area contributed by atoms with Crippen molar-refractivity contribution in [3.8, 4) is 5.75 Å². The van der Waals surface area contributed by atoms with E-state index in [-0.39, 0.29) is 35.9 Å². The van der Waals surface area contributed by atoms with Gasteiger partial charge >= 0.3 is 0 Å². The third kappa shape index (κ3) is 7.77. The second kappa shape index (κ2) is 11.5. The molecule has 0 radical (unpaired) electrons. The molecule has 2 atom stereocenters. The molecule has 142 valence electrons. The number of hydrogen-bond donors (Lipinski definition) is 1.